The highest BCUT2D eigenvalue weighted by Gasteiger charge is 2.53. The Labute approximate surface area is 204 Å². The molecular weight excluding hydrogens is 476 g/mol. The van der Waals surface area contributed by atoms with Gasteiger partial charge in [0.1, 0.15) is 5.69 Å². The van der Waals surface area contributed by atoms with E-state index in [0.29, 0.717) is 23.6 Å². The normalized spacial score (nSPS) is 15.1. The standard InChI is InChI=1S/C14H18O4S.C11H11ClN2O/c1-2-11-5-7-12(8-6-11)19(17,18)14(13(15)16)9-3-4-10-14;1-6-3-8(12)7-5-10(11(13)15)14(2)9(7)4-6/h5-8H,2-4,9-10H2,1H3,(H,15,16);3-5H,1-2H3,(H2,13,15). The summed E-state index contributed by atoms with van der Waals surface area (Å²) in [7, 11) is -2.02. The molecule has 1 aliphatic rings. The third kappa shape index (κ3) is 4.57. The first kappa shape index (κ1) is 25.8. The van der Waals surface area contributed by atoms with Crippen LogP contribution in [0.25, 0.3) is 10.9 Å². The molecule has 1 aromatic heterocycles. The van der Waals surface area contributed by atoms with E-state index in [9.17, 15) is 23.1 Å². The summed E-state index contributed by atoms with van der Waals surface area (Å²) in [6, 6.07) is 12.1. The quantitative estimate of drug-likeness (QED) is 0.523. The maximum Gasteiger partial charge on any atom is 0.325 e. The number of hydrogen-bond acceptors (Lipinski definition) is 4. The van der Waals surface area contributed by atoms with Crippen molar-refractivity contribution in [3.8, 4) is 0 Å². The number of hydrogen-bond donors (Lipinski definition) is 2. The molecule has 1 amide bonds. The third-order valence-electron chi connectivity index (χ3n) is 6.47. The number of nitrogens with zero attached hydrogens (tertiary/aromatic N) is 1. The van der Waals surface area contributed by atoms with Crippen molar-refractivity contribution in [3.05, 3.63) is 64.3 Å². The van der Waals surface area contributed by atoms with E-state index in [-0.39, 0.29) is 17.7 Å². The highest BCUT2D eigenvalue weighted by atomic mass is 35.5. The Hall–Kier alpha value is -2.84. The number of aliphatic carboxylic acids is 1. The monoisotopic (exact) mass is 504 g/mol. The molecular formula is C25H29ClN2O5S. The number of aryl methyl sites for hydroxylation is 3. The first-order chi connectivity index (χ1) is 15.9. The summed E-state index contributed by atoms with van der Waals surface area (Å²) in [5.41, 5.74) is 8.76. The van der Waals surface area contributed by atoms with Crippen LogP contribution in [0.5, 0.6) is 0 Å². The minimum Gasteiger partial charge on any atom is -0.480 e. The van der Waals surface area contributed by atoms with Crippen LogP contribution < -0.4 is 5.73 Å². The fourth-order valence-corrected chi connectivity index (χ4v) is 6.75. The van der Waals surface area contributed by atoms with Crippen molar-refractivity contribution in [2.45, 2.75) is 55.6 Å². The Kier molecular flexibility index (Phi) is 7.43. The topological polar surface area (TPSA) is 119 Å². The molecule has 0 unspecified atom stereocenters. The van der Waals surface area contributed by atoms with Crippen LogP contribution in [0.15, 0.2) is 47.4 Å². The zero-order chi connectivity index (χ0) is 25.3. The molecule has 0 radical (unpaired) electrons. The van der Waals surface area contributed by atoms with E-state index in [1.807, 2.05) is 26.0 Å². The van der Waals surface area contributed by atoms with Gasteiger partial charge in [-0.2, -0.15) is 0 Å². The lowest BCUT2D eigenvalue weighted by molar-refractivity contribution is -0.139. The summed E-state index contributed by atoms with van der Waals surface area (Å²) in [6.45, 7) is 3.95. The van der Waals surface area contributed by atoms with E-state index < -0.39 is 26.5 Å². The number of carboxylic acid groups (broad SMARTS) is 1. The maximum atomic E-state index is 12.6. The second-order valence-corrected chi connectivity index (χ2v) is 11.3. The van der Waals surface area contributed by atoms with Crippen molar-refractivity contribution in [3.63, 3.8) is 0 Å². The number of sulfone groups is 1. The highest BCUT2D eigenvalue weighted by Crippen LogP contribution is 2.40. The number of benzene rings is 2. The lowest BCUT2D eigenvalue weighted by Crippen LogP contribution is -2.43. The molecule has 9 heteroatoms. The molecule has 3 aromatic rings. The van der Waals surface area contributed by atoms with Gasteiger partial charge in [-0.15, -0.1) is 0 Å². The second-order valence-electron chi connectivity index (χ2n) is 8.64. The smallest absolute Gasteiger partial charge is 0.325 e. The van der Waals surface area contributed by atoms with Crippen molar-refractivity contribution in [1.82, 2.24) is 4.57 Å². The summed E-state index contributed by atoms with van der Waals surface area (Å²) in [4.78, 5) is 22.8. The van der Waals surface area contributed by atoms with Crippen LogP contribution in [0.4, 0.5) is 0 Å². The zero-order valence-corrected chi connectivity index (χ0v) is 21.0. The minimum absolute atomic E-state index is 0.119. The summed E-state index contributed by atoms with van der Waals surface area (Å²) in [5, 5.41) is 10.9. The van der Waals surface area contributed by atoms with Crippen molar-refractivity contribution in [2.24, 2.45) is 12.8 Å². The van der Waals surface area contributed by atoms with Crippen LogP contribution >= 0.6 is 11.6 Å². The summed E-state index contributed by atoms with van der Waals surface area (Å²) in [5.74, 6) is -1.66. The average Bonchev–Trinajstić information content (AvgIpc) is 3.41. The summed E-state index contributed by atoms with van der Waals surface area (Å²) in [6.07, 6.45) is 2.54. The highest BCUT2D eigenvalue weighted by molar-refractivity contribution is 7.93. The number of amides is 1. The number of primary amides is 1. The summed E-state index contributed by atoms with van der Waals surface area (Å²) >= 11 is 6.09. The second kappa shape index (κ2) is 9.80. The molecule has 0 atom stereocenters. The summed E-state index contributed by atoms with van der Waals surface area (Å²) < 4.78 is 25.4. The average molecular weight is 505 g/mol. The molecule has 1 saturated carbocycles. The van der Waals surface area contributed by atoms with Gasteiger partial charge < -0.3 is 15.4 Å². The maximum absolute atomic E-state index is 12.6. The predicted molar refractivity (Wildman–Crippen MR) is 133 cm³/mol. The zero-order valence-electron chi connectivity index (χ0n) is 19.5. The molecule has 4 rings (SSSR count). The van der Waals surface area contributed by atoms with E-state index in [2.05, 4.69) is 0 Å². The van der Waals surface area contributed by atoms with Gasteiger partial charge in [-0.1, -0.05) is 43.5 Å². The Morgan fingerprint density at radius 2 is 1.71 bits per heavy atom. The molecule has 7 nitrogen and oxygen atoms in total. The van der Waals surface area contributed by atoms with Crippen molar-refractivity contribution < 1.29 is 23.1 Å². The van der Waals surface area contributed by atoms with Gasteiger partial charge in [-0.05, 0) is 67.6 Å². The van der Waals surface area contributed by atoms with Crippen LogP contribution in [-0.2, 0) is 28.1 Å². The van der Waals surface area contributed by atoms with Crippen molar-refractivity contribution >= 4 is 44.2 Å². The molecule has 182 valence electrons. The molecule has 0 spiro atoms. The fourth-order valence-electron chi connectivity index (χ4n) is 4.43. The van der Waals surface area contributed by atoms with Gasteiger partial charge in [-0.3, -0.25) is 9.59 Å². The Balaban J connectivity index is 0.000000196. The Morgan fingerprint density at radius 1 is 1.12 bits per heavy atom. The number of fused-ring (bicyclic) bond motifs is 1. The Bertz CT molecular complexity index is 1340. The van der Waals surface area contributed by atoms with Gasteiger partial charge in [0.25, 0.3) is 5.91 Å². The predicted octanol–water partition coefficient (Wildman–Crippen LogP) is 4.66. The van der Waals surface area contributed by atoms with E-state index in [1.54, 1.807) is 29.8 Å². The lowest BCUT2D eigenvalue weighted by Gasteiger charge is -2.24. The SMILES string of the molecule is CCc1ccc(S(=O)(=O)C2(C(=O)O)CCCC2)cc1.Cc1cc(Cl)c2cc(C(N)=O)n(C)c2c1. The minimum atomic E-state index is -3.82. The van der Waals surface area contributed by atoms with Gasteiger partial charge in [0.05, 0.1) is 15.4 Å². The van der Waals surface area contributed by atoms with Crippen LogP contribution in [0.1, 0.15) is 54.2 Å². The molecule has 2 aromatic carbocycles. The number of carbonyl (C=O) groups is 2. The molecule has 0 bridgehead atoms. The number of carbonyl (C=O) groups excluding carboxylic acids is 1. The van der Waals surface area contributed by atoms with Crippen LogP contribution in [0, 0.1) is 6.92 Å². The van der Waals surface area contributed by atoms with Gasteiger partial charge >= 0.3 is 5.97 Å². The van der Waals surface area contributed by atoms with E-state index in [0.717, 1.165) is 28.5 Å². The van der Waals surface area contributed by atoms with Gasteiger partial charge in [0, 0.05) is 12.4 Å². The fraction of sp³-hybridized carbons (Fsp3) is 0.360. The molecule has 3 N–H and O–H groups in total. The van der Waals surface area contributed by atoms with Crippen LogP contribution in [-0.4, -0.2) is 34.7 Å². The number of aromatic nitrogens is 1. The first-order valence-electron chi connectivity index (χ1n) is 11.1. The Morgan fingerprint density at radius 3 is 2.21 bits per heavy atom. The molecule has 0 saturated heterocycles. The molecule has 34 heavy (non-hydrogen) atoms. The molecule has 1 fully saturated rings. The van der Waals surface area contributed by atoms with E-state index in [1.165, 1.54) is 12.1 Å². The van der Waals surface area contributed by atoms with Crippen molar-refractivity contribution in [2.75, 3.05) is 0 Å². The molecule has 1 aliphatic carbocycles. The largest absolute Gasteiger partial charge is 0.480 e. The first-order valence-corrected chi connectivity index (χ1v) is 12.9. The number of nitrogens with two attached hydrogens (primary N) is 1. The van der Waals surface area contributed by atoms with Crippen LogP contribution in [0.2, 0.25) is 5.02 Å². The molecule has 0 aliphatic heterocycles. The van der Waals surface area contributed by atoms with Gasteiger partial charge in [0.2, 0.25) is 0 Å². The van der Waals surface area contributed by atoms with E-state index >= 15 is 0 Å². The number of rotatable bonds is 5. The molecule has 1 heterocycles. The van der Waals surface area contributed by atoms with Gasteiger partial charge in [0.15, 0.2) is 14.6 Å². The lowest BCUT2D eigenvalue weighted by atomic mass is 10.1. The van der Waals surface area contributed by atoms with Crippen LogP contribution in [0.3, 0.4) is 0 Å². The number of carboxylic acids is 1. The third-order valence-corrected chi connectivity index (χ3v) is 9.28. The van der Waals surface area contributed by atoms with Gasteiger partial charge in [-0.25, -0.2) is 8.42 Å². The number of halogens is 1. The van der Waals surface area contributed by atoms with Crippen molar-refractivity contribution in [1.29, 1.82) is 0 Å². The van der Waals surface area contributed by atoms with E-state index in [4.69, 9.17) is 17.3 Å².